The summed E-state index contributed by atoms with van der Waals surface area (Å²) in [6.45, 7) is 1.14. The molecular weight excluding hydrogens is 378 g/mol. The quantitative estimate of drug-likeness (QED) is 0.730. The molecule has 0 bridgehead atoms. The molecule has 6 nitrogen and oxygen atoms in total. The molecule has 1 amide bonds. The predicted molar refractivity (Wildman–Crippen MR) is 98.2 cm³/mol. The third-order valence-electron chi connectivity index (χ3n) is 3.69. The topological polar surface area (TPSA) is 83.6 Å². The first-order valence-corrected chi connectivity index (χ1v) is 9.76. The van der Waals surface area contributed by atoms with Crippen molar-refractivity contribution < 1.29 is 26.8 Å². The van der Waals surface area contributed by atoms with Gasteiger partial charge in [-0.15, -0.1) is 0 Å². The van der Waals surface area contributed by atoms with E-state index in [0.717, 1.165) is 22.7 Å². The SMILES string of the molecule is CC(=O)c1cccc(N(CCC(=O)Nc2ccc(F)cc2F)S(C)(=O)=O)c1. The van der Waals surface area contributed by atoms with E-state index in [1.165, 1.54) is 25.1 Å². The second-order valence-electron chi connectivity index (χ2n) is 5.86. The van der Waals surface area contributed by atoms with Gasteiger partial charge in [-0.1, -0.05) is 12.1 Å². The van der Waals surface area contributed by atoms with Gasteiger partial charge in [-0.25, -0.2) is 17.2 Å². The number of sulfonamides is 1. The van der Waals surface area contributed by atoms with Crippen LogP contribution in [0.4, 0.5) is 20.2 Å². The molecule has 9 heteroatoms. The molecule has 1 N–H and O–H groups in total. The van der Waals surface area contributed by atoms with Crippen LogP contribution in [0.2, 0.25) is 0 Å². The largest absolute Gasteiger partial charge is 0.324 e. The summed E-state index contributed by atoms with van der Waals surface area (Å²) in [6.07, 6.45) is 0.708. The van der Waals surface area contributed by atoms with E-state index in [1.807, 2.05) is 0 Å². The van der Waals surface area contributed by atoms with Crippen molar-refractivity contribution in [3.05, 3.63) is 59.7 Å². The van der Waals surface area contributed by atoms with Crippen LogP contribution in [0.15, 0.2) is 42.5 Å². The lowest BCUT2D eigenvalue weighted by molar-refractivity contribution is -0.116. The molecule has 0 aliphatic carbocycles. The van der Waals surface area contributed by atoms with E-state index in [4.69, 9.17) is 0 Å². The molecule has 2 aromatic rings. The zero-order valence-corrected chi connectivity index (χ0v) is 15.5. The highest BCUT2D eigenvalue weighted by molar-refractivity contribution is 7.92. The van der Waals surface area contributed by atoms with Crippen LogP contribution >= 0.6 is 0 Å². The van der Waals surface area contributed by atoms with Gasteiger partial charge in [-0.2, -0.15) is 0 Å². The third-order valence-corrected chi connectivity index (χ3v) is 4.88. The Hall–Kier alpha value is -2.81. The molecule has 0 fully saturated rings. The maximum Gasteiger partial charge on any atom is 0.232 e. The van der Waals surface area contributed by atoms with E-state index in [1.54, 1.807) is 6.07 Å². The number of nitrogens with zero attached hydrogens (tertiary/aromatic N) is 1. The monoisotopic (exact) mass is 396 g/mol. The Morgan fingerprint density at radius 3 is 2.41 bits per heavy atom. The summed E-state index contributed by atoms with van der Waals surface area (Å²) in [5.41, 5.74) is 0.371. The molecule has 0 radical (unpaired) electrons. The van der Waals surface area contributed by atoms with Gasteiger partial charge in [-0.05, 0) is 31.2 Å². The Balaban J connectivity index is 2.14. The number of anilines is 2. The molecule has 2 rings (SSSR count). The van der Waals surface area contributed by atoms with Crippen molar-refractivity contribution >= 4 is 33.1 Å². The molecule has 0 unspecified atom stereocenters. The van der Waals surface area contributed by atoms with E-state index in [9.17, 15) is 26.8 Å². The molecule has 0 saturated carbocycles. The van der Waals surface area contributed by atoms with Gasteiger partial charge in [0.2, 0.25) is 15.9 Å². The van der Waals surface area contributed by atoms with Gasteiger partial charge in [0.15, 0.2) is 5.78 Å². The number of carbonyl (C=O) groups is 2. The van der Waals surface area contributed by atoms with Crippen molar-refractivity contribution in [3.8, 4) is 0 Å². The molecule has 0 atom stereocenters. The zero-order valence-electron chi connectivity index (χ0n) is 14.7. The van der Waals surface area contributed by atoms with E-state index < -0.39 is 27.6 Å². The normalized spacial score (nSPS) is 11.1. The number of hydrogen-bond donors (Lipinski definition) is 1. The van der Waals surface area contributed by atoms with Gasteiger partial charge < -0.3 is 5.32 Å². The molecule has 0 aliphatic heterocycles. The summed E-state index contributed by atoms with van der Waals surface area (Å²) < 4.78 is 51.6. The van der Waals surface area contributed by atoms with Crippen LogP contribution in [0.3, 0.4) is 0 Å². The van der Waals surface area contributed by atoms with Gasteiger partial charge in [0.25, 0.3) is 0 Å². The van der Waals surface area contributed by atoms with Crippen LogP contribution in [0.1, 0.15) is 23.7 Å². The molecule has 144 valence electrons. The summed E-state index contributed by atoms with van der Waals surface area (Å²) in [4.78, 5) is 23.5. The highest BCUT2D eigenvalue weighted by Gasteiger charge is 2.20. The second-order valence-corrected chi connectivity index (χ2v) is 7.77. The van der Waals surface area contributed by atoms with Crippen molar-refractivity contribution in [1.29, 1.82) is 0 Å². The second kappa shape index (κ2) is 8.26. The van der Waals surface area contributed by atoms with Crippen LogP contribution in [0.5, 0.6) is 0 Å². The number of benzene rings is 2. The Labute approximate surface area is 155 Å². The van der Waals surface area contributed by atoms with Crippen molar-refractivity contribution in [2.75, 3.05) is 22.4 Å². The Kier molecular flexibility index (Phi) is 6.27. The number of rotatable bonds is 7. The summed E-state index contributed by atoms with van der Waals surface area (Å²) >= 11 is 0. The molecule has 0 aliphatic rings. The van der Waals surface area contributed by atoms with Gasteiger partial charge in [-0.3, -0.25) is 13.9 Å². The lowest BCUT2D eigenvalue weighted by Crippen LogP contribution is -2.33. The number of nitrogens with one attached hydrogen (secondary N) is 1. The van der Waals surface area contributed by atoms with E-state index >= 15 is 0 Å². The van der Waals surface area contributed by atoms with Crippen molar-refractivity contribution in [1.82, 2.24) is 0 Å². The lowest BCUT2D eigenvalue weighted by Gasteiger charge is -2.22. The van der Waals surface area contributed by atoms with E-state index in [-0.39, 0.29) is 30.1 Å². The maximum atomic E-state index is 13.6. The number of Topliss-reactive ketones (excluding diaryl/α,β-unsaturated/α-hetero) is 1. The average Bonchev–Trinajstić information content (AvgIpc) is 2.56. The van der Waals surface area contributed by atoms with Gasteiger partial charge >= 0.3 is 0 Å². The Morgan fingerprint density at radius 1 is 1.11 bits per heavy atom. The minimum absolute atomic E-state index is 0.203. The minimum atomic E-state index is -3.72. The Bertz CT molecular complexity index is 977. The van der Waals surface area contributed by atoms with Crippen LogP contribution in [0.25, 0.3) is 0 Å². The van der Waals surface area contributed by atoms with Crippen molar-refractivity contribution in [2.24, 2.45) is 0 Å². The van der Waals surface area contributed by atoms with Crippen LogP contribution in [0, 0.1) is 11.6 Å². The highest BCUT2D eigenvalue weighted by Crippen LogP contribution is 2.20. The summed E-state index contributed by atoms with van der Waals surface area (Å²) in [7, 11) is -3.72. The van der Waals surface area contributed by atoms with Gasteiger partial charge in [0, 0.05) is 24.6 Å². The number of carbonyl (C=O) groups excluding carboxylic acids is 2. The number of halogens is 2. The van der Waals surface area contributed by atoms with Gasteiger partial charge in [0.1, 0.15) is 11.6 Å². The van der Waals surface area contributed by atoms with Gasteiger partial charge in [0.05, 0.1) is 17.6 Å². The van der Waals surface area contributed by atoms with Crippen molar-refractivity contribution in [3.63, 3.8) is 0 Å². The number of ketones is 1. The molecular formula is C18H18F2N2O4S. The minimum Gasteiger partial charge on any atom is -0.324 e. The highest BCUT2D eigenvalue weighted by atomic mass is 32.2. The molecule has 0 saturated heterocycles. The number of hydrogen-bond acceptors (Lipinski definition) is 4. The fraction of sp³-hybridized carbons (Fsp3) is 0.222. The first-order chi connectivity index (χ1) is 12.6. The molecule has 27 heavy (non-hydrogen) atoms. The summed E-state index contributed by atoms with van der Waals surface area (Å²) in [5.74, 6) is -2.58. The maximum absolute atomic E-state index is 13.6. The average molecular weight is 396 g/mol. The first kappa shape index (κ1) is 20.5. The standard InChI is InChI=1S/C18H18F2N2O4S/c1-12(23)13-4-3-5-15(10-13)22(27(2,25)26)9-8-18(24)21-17-7-6-14(19)11-16(17)20/h3-7,10-11H,8-9H2,1-2H3,(H,21,24). The Morgan fingerprint density at radius 2 is 1.81 bits per heavy atom. The number of amides is 1. The third kappa shape index (κ3) is 5.58. The van der Waals surface area contributed by atoms with E-state index in [0.29, 0.717) is 11.6 Å². The molecule has 2 aromatic carbocycles. The summed E-state index contributed by atoms with van der Waals surface area (Å²) in [6, 6.07) is 8.72. The lowest BCUT2D eigenvalue weighted by atomic mass is 10.1. The first-order valence-electron chi connectivity index (χ1n) is 7.91. The smallest absolute Gasteiger partial charge is 0.232 e. The zero-order chi connectivity index (χ0) is 20.2. The molecule has 0 aromatic heterocycles. The molecule has 0 heterocycles. The van der Waals surface area contributed by atoms with Crippen LogP contribution in [-0.2, 0) is 14.8 Å². The van der Waals surface area contributed by atoms with E-state index in [2.05, 4.69) is 5.32 Å². The van der Waals surface area contributed by atoms with Crippen molar-refractivity contribution in [2.45, 2.75) is 13.3 Å². The molecule has 0 spiro atoms. The fourth-order valence-corrected chi connectivity index (χ4v) is 3.29. The predicted octanol–water partition coefficient (Wildman–Crippen LogP) is 2.96. The fourth-order valence-electron chi connectivity index (χ4n) is 2.37. The summed E-state index contributed by atoms with van der Waals surface area (Å²) in [5, 5.41) is 2.27. The van der Waals surface area contributed by atoms with Crippen LogP contribution in [-0.4, -0.2) is 32.9 Å². The van der Waals surface area contributed by atoms with Crippen LogP contribution < -0.4 is 9.62 Å².